The summed E-state index contributed by atoms with van der Waals surface area (Å²) in [6.45, 7) is 0. The maximum absolute atomic E-state index is 12.3. The smallest absolute Gasteiger partial charge is 0.231 e. The second-order valence-electron chi connectivity index (χ2n) is 3.06. The Hall–Kier alpha value is -0.510. The van der Waals surface area contributed by atoms with Crippen LogP contribution < -0.4 is 0 Å². The summed E-state index contributed by atoms with van der Waals surface area (Å²) < 4.78 is 73.1. The van der Waals surface area contributed by atoms with Crippen LogP contribution in [0.5, 0.6) is 0 Å². The molecule has 0 aromatic heterocycles. The van der Waals surface area contributed by atoms with Gasteiger partial charge in [0.25, 0.3) is 0 Å². The highest BCUT2D eigenvalue weighted by atomic mass is 127. The van der Waals surface area contributed by atoms with Crippen molar-refractivity contribution in [3.63, 3.8) is 0 Å². The van der Waals surface area contributed by atoms with Crippen LogP contribution in [-0.4, -0.2) is 11.3 Å². The van der Waals surface area contributed by atoms with Gasteiger partial charge in [-0.15, -0.1) is 0 Å². The van der Waals surface area contributed by atoms with Gasteiger partial charge < -0.3 is 0 Å². The molecule has 0 aliphatic heterocycles. The Morgan fingerprint density at radius 1 is 1.11 bits per heavy atom. The number of halogens is 8. The molecule has 0 saturated heterocycles. The van der Waals surface area contributed by atoms with Gasteiger partial charge in [0.05, 0.1) is 11.3 Å². The molecule has 1 nitrogen and oxygen atoms in total. The zero-order valence-corrected chi connectivity index (χ0v) is 11.1. The number of hydrogen-bond acceptors (Lipinski definition) is 1. The molecule has 0 aliphatic carbocycles. The molecule has 0 heterocycles. The van der Waals surface area contributed by atoms with Gasteiger partial charge in [0.2, 0.25) is 5.17 Å². The van der Waals surface area contributed by atoms with Crippen molar-refractivity contribution in [3.05, 3.63) is 27.3 Å². The topological polar surface area (TPSA) is 12.4 Å². The first kappa shape index (κ1) is 15.5. The fourth-order valence-electron chi connectivity index (χ4n) is 0.943. The predicted molar refractivity (Wildman–Crippen MR) is 63.2 cm³/mol. The van der Waals surface area contributed by atoms with Crippen LogP contribution in [-0.2, 0) is 6.18 Å². The fourth-order valence-corrected chi connectivity index (χ4v) is 1.67. The Labute approximate surface area is 116 Å². The number of hydrogen-bond donors (Lipinski definition) is 0. The summed E-state index contributed by atoms with van der Waals surface area (Å²) in [6.07, 6.45) is -9.39. The van der Waals surface area contributed by atoms with E-state index in [0.717, 1.165) is 6.07 Å². The van der Waals surface area contributed by atoms with Gasteiger partial charge in [-0.05, 0) is 40.8 Å². The summed E-state index contributed by atoms with van der Waals surface area (Å²) in [5, 5.41) is -1.64. The van der Waals surface area contributed by atoms with E-state index in [1.54, 1.807) is 0 Å². The minimum Gasteiger partial charge on any atom is -0.231 e. The summed E-state index contributed by atoms with van der Waals surface area (Å²) in [7, 11) is 0. The molecule has 0 N–H and O–H groups in total. The van der Waals surface area contributed by atoms with Crippen LogP contribution in [0.2, 0.25) is 0 Å². The van der Waals surface area contributed by atoms with Crippen LogP contribution in [0, 0.1) is 3.57 Å². The SMILES string of the molecule is FC(F)(F)C(Cl)=Nc1ccc(C(F)(F)F)cc1I. The lowest BCUT2D eigenvalue weighted by molar-refractivity contribution is -0.137. The molecule has 0 unspecified atom stereocenters. The third kappa shape index (κ3) is 4.01. The molecule has 0 amide bonds. The molecule has 0 saturated carbocycles. The lowest BCUT2D eigenvalue weighted by atomic mass is 10.2. The number of benzene rings is 1. The summed E-state index contributed by atoms with van der Waals surface area (Å²) in [5.74, 6) is 0. The van der Waals surface area contributed by atoms with E-state index in [4.69, 9.17) is 11.6 Å². The van der Waals surface area contributed by atoms with Crippen LogP contribution in [0.1, 0.15) is 5.56 Å². The van der Waals surface area contributed by atoms with Gasteiger partial charge in [-0.2, -0.15) is 26.3 Å². The van der Waals surface area contributed by atoms with E-state index in [1.165, 1.54) is 22.6 Å². The van der Waals surface area contributed by atoms with E-state index in [9.17, 15) is 26.3 Å². The Morgan fingerprint density at radius 3 is 2.06 bits per heavy atom. The highest BCUT2D eigenvalue weighted by Crippen LogP contribution is 2.34. The predicted octanol–water partition coefficient (Wildman–Crippen LogP) is 5.14. The van der Waals surface area contributed by atoms with Crippen molar-refractivity contribution < 1.29 is 26.3 Å². The first-order chi connectivity index (χ1) is 8.01. The summed E-state index contributed by atoms with van der Waals surface area (Å²) in [5.41, 5.74) is -1.24. The number of alkyl halides is 6. The average Bonchev–Trinajstić information content (AvgIpc) is 2.17. The van der Waals surface area contributed by atoms with Gasteiger partial charge in [-0.25, -0.2) is 4.99 Å². The van der Waals surface area contributed by atoms with Crippen molar-refractivity contribution in [3.8, 4) is 0 Å². The standard InChI is InChI=1S/C9H3ClF6IN/c10-7(9(14,15)16)18-6-2-1-4(3-5(6)17)8(11,12)13/h1-3H. The van der Waals surface area contributed by atoms with Gasteiger partial charge in [0, 0.05) is 3.57 Å². The zero-order chi connectivity index (χ0) is 14.1. The molecule has 9 heteroatoms. The fraction of sp³-hybridized carbons (Fsp3) is 0.222. The van der Waals surface area contributed by atoms with E-state index in [1.807, 2.05) is 0 Å². The molecule has 0 spiro atoms. The minimum absolute atomic E-state index is 0.0789. The Bertz CT molecular complexity index is 479. The molecular formula is C9H3ClF6IN. The van der Waals surface area contributed by atoms with E-state index >= 15 is 0 Å². The molecule has 0 fully saturated rings. The van der Waals surface area contributed by atoms with E-state index in [2.05, 4.69) is 4.99 Å². The van der Waals surface area contributed by atoms with Crippen molar-refractivity contribution >= 4 is 45.1 Å². The Morgan fingerprint density at radius 2 is 1.67 bits per heavy atom. The maximum atomic E-state index is 12.3. The number of nitrogens with zero attached hydrogens (tertiary/aromatic N) is 1. The second kappa shape index (κ2) is 5.24. The summed E-state index contributed by atoms with van der Waals surface area (Å²) in [4.78, 5) is 3.04. The van der Waals surface area contributed by atoms with E-state index in [0.29, 0.717) is 12.1 Å². The normalized spacial score (nSPS) is 13.9. The molecule has 1 rings (SSSR count). The molecule has 0 radical (unpaired) electrons. The Kier molecular flexibility index (Phi) is 4.52. The monoisotopic (exact) mass is 401 g/mol. The van der Waals surface area contributed by atoms with Crippen molar-refractivity contribution in [2.24, 2.45) is 4.99 Å². The van der Waals surface area contributed by atoms with Crippen molar-refractivity contribution in [1.82, 2.24) is 0 Å². The molecule has 100 valence electrons. The molecule has 0 aliphatic rings. The number of aliphatic imine (C=N–C) groups is 1. The molecule has 0 atom stereocenters. The van der Waals surface area contributed by atoms with Crippen LogP contribution in [0.15, 0.2) is 23.2 Å². The highest BCUT2D eigenvalue weighted by Gasteiger charge is 2.35. The largest absolute Gasteiger partial charge is 0.444 e. The van der Waals surface area contributed by atoms with Crippen LogP contribution in [0.25, 0.3) is 0 Å². The second-order valence-corrected chi connectivity index (χ2v) is 4.58. The van der Waals surface area contributed by atoms with Gasteiger partial charge in [-0.3, -0.25) is 0 Å². The third-order valence-corrected chi connectivity index (χ3v) is 2.89. The molecule has 18 heavy (non-hydrogen) atoms. The Balaban J connectivity index is 3.16. The zero-order valence-electron chi connectivity index (χ0n) is 8.20. The van der Waals surface area contributed by atoms with Gasteiger partial charge >= 0.3 is 12.4 Å². The minimum atomic E-state index is -4.83. The maximum Gasteiger partial charge on any atom is 0.444 e. The van der Waals surface area contributed by atoms with Crippen molar-refractivity contribution in [2.45, 2.75) is 12.4 Å². The first-order valence-electron chi connectivity index (χ1n) is 4.20. The summed E-state index contributed by atoms with van der Waals surface area (Å²) in [6, 6.07) is 2.17. The summed E-state index contributed by atoms with van der Waals surface area (Å²) >= 11 is 6.35. The molecule has 0 bridgehead atoms. The van der Waals surface area contributed by atoms with Crippen LogP contribution in [0.3, 0.4) is 0 Å². The number of rotatable bonds is 1. The molecule has 1 aromatic rings. The van der Waals surface area contributed by atoms with Crippen LogP contribution in [0.4, 0.5) is 32.0 Å². The average molecular weight is 401 g/mol. The molecular weight excluding hydrogens is 398 g/mol. The van der Waals surface area contributed by atoms with Gasteiger partial charge in [0.15, 0.2) is 0 Å². The van der Waals surface area contributed by atoms with Gasteiger partial charge in [-0.1, -0.05) is 11.6 Å². The first-order valence-corrected chi connectivity index (χ1v) is 5.65. The van der Waals surface area contributed by atoms with Crippen molar-refractivity contribution in [2.75, 3.05) is 0 Å². The lowest BCUT2D eigenvalue weighted by Gasteiger charge is -2.09. The lowest BCUT2D eigenvalue weighted by Crippen LogP contribution is -2.16. The van der Waals surface area contributed by atoms with Gasteiger partial charge in [0.1, 0.15) is 0 Å². The quantitative estimate of drug-likeness (QED) is 0.351. The molecule has 1 aromatic carbocycles. The van der Waals surface area contributed by atoms with Crippen LogP contribution >= 0.6 is 34.2 Å². The van der Waals surface area contributed by atoms with E-state index in [-0.39, 0.29) is 9.26 Å². The van der Waals surface area contributed by atoms with Crippen molar-refractivity contribution in [1.29, 1.82) is 0 Å². The highest BCUT2D eigenvalue weighted by molar-refractivity contribution is 14.1. The van der Waals surface area contributed by atoms with E-state index < -0.39 is 23.1 Å². The third-order valence-electron chi connectivity index (χ3n) is 1.73.